The fourth-order valence-corrected chi connectivity index (χ4v) is 3.10. The molecule has 0 amide bonds. The molecule has 2 aromatic rings. The van der Waals surface area contributed by atoms with Crippen LogP contribution in [0.3, 0.4) is 0 Å². The highest BCUT2D eigenvalue weighted by atomic mass is 16.4. The first kappa shape index (κ1) is 11.5. The van der Waals surface area contributed by atoms with Crippen molar-refractivity contribution >= 4 is 0 Å². The Morgan fingerprint density at radius 3 is 2.61 bits per heavy atom. The van der Waals surface area contributed by atoms with Gasteiger partial charge in [-0.1, -0.05) is 43.2 Å². The van der Waals surface area contributed by atoms with Gasteiger partial charge in [-0.3, -0.25) is 0 Å². The third-order valence-electron chi connectivity index (χ3n) is 4.03. The molecule has 2 nitrogen and oxygen atoms in total. The average molecular weight is 242 g/mol. The molecular weight excluding hydrogens is 224 g/mol. The van der Waals surface area contributed by atoms with Crippen molar-refractivity contribution in [2.75, 3.05) is 0 Å². The lowest BCUT2D eigenvalue weighted by molar-refractivity contribution is -0.0403. The molecule has 0 spiro atoms. The summed E-state index contributed by atoms with van der Waals surface area (Å²) in [6.45, 7) is 0. The Morgan fingerprint density at radius 2 is 1.89 bits per heavy atom. The summed E-state index contributed by atoms with van der Waals surface area (Å²) in [4.78, 5) is 0. The minimum Gasteiger partial charge on any atom is -0.466 e. The second-order valence-corrected chi connectivity index (χ2v) is 5.11. The van der Waals surface area contributed by atoms with Gasteiger partial charge >= 0.3 is 0 Å². The first-order valence-electron chi connectivity index (χ1n) is 6.62. The van der Waals surface area contributed by atoms with Crippen LogP contribution in [0.2, 0.25) is 0 Å². The number of hydrogen-bond acceptors (Lipinski definition) is 2. The molecule has 0 saturated heterocycles. The van der Waals surface area contributed by atoms with E-state index in [0.717, 1.165) is 19.3 Å². The van der Waals surface area contributed by atoms with Crippen molar-refractivity contribution in [3.05, 3.63) is 60.1 Å². The Hall–Kier alpha value is -1.54. The fourth-order valence-electron chi connectivity index (χ4n) is 3.10. The van der Waals surface area contributed by atoms with Gasteiger partial charge in [-0.15, -0.1) is 0 Å². The van der Waals surface area contributed by atoms with Gasteiger partial charge in [0, 0.05) is 5.92 Å². The highest BCUT2D eigenvalue weighted by Gasteiger charge is 2.43. The Kier molecular flexibility index (Phi) is 2.96. The second kappa shape index (κ2) is 4.62. The van der Waals surface area contributed by atoms with E-state index in [-0.39, 0.29) is 5.92 Å². The molecule has 1 aliphatic rings. The first-order valence-corrected chi connectivity index (χ1v) is 6.62. The van der Waals surface area contributed by atoms with Gasteiger partial charge in [0.05, 0.1) is 6.26 Å². The van der Waals surface area contributed by atoms with E-state index in [1.54, 1.807) is 6.26 Å². The van der Waals surface area contributed by atoms with E-state index in [1.165, 1.54) is 12.0 Å². The van der Waals surface area contributed by atoms with E-state index < -0.39 is 5.60 Å². The van der Waals surface area contributed by atoms with Gasteiger partial charge in [-0.25, -0.2) is 0 Å². The van der Waals surface area contributed by atoms with E-state index in [9.17, 15) is 5.11 Å². The minimum atomic E-state index is -0.844. The summed E-state index contributed by atoms with van der Waals surface area (Å²) in [5.74, 6) is 0.842. The van der Waals surface area contributed by atoms with Crippen molar-refractivity contribution in [2.24, 2.45) is 0 Å². The molecule has 1 N–H and O–H groups in total. The van der Waals surface area contributed by atoms with Crippen LogP contribution in [-0.4, -0.2) is 5.11 Å². The molecule has 3 rings (SSSR count). The number of aliphatic hydroxyl groups is 1. The SMILES string of the molecule is OC1(c2ccco2)CCCCC1c1ccccc1. The normalized spacial score (nSPS) is 28.2. The highest BCUT2D eigenvalue weighted by Crippen LogP contribution is 2.47. The molecule has 1 aromatic carbocycles. The Labute approximate surface area is 107 Å². The molecule has 1 fully saturated rings. The fraction of sp³-hybridized carbons (Fsp3) is 0.375. The molecule has 2 heteroatoms. The van der Waals surface area contributed by atoms with Crippen molar-refractivity contribution in [1.82, 2.24) is 0 Å². The smallest absolute Gasteiger partial charge is 0.135 e. The molecule has 1 saturated carbocycles. The predicted molar refractivity (Wildman–Crippen MR) is 70.3 cm³/mol. The number of rotatable bonds is 2. The number of benzene rings is 1. The van der Waals surface area contributed by atoms with Gasteiger partial charge < -0.3 is 9.52 Å². The van der Waals surface area contributed by atoms with Gasteiger partial charge in [0.1, 0.15) is 11.4 Å². The van der Waals surface area contributed by atoms with Crippen LogP contribution in [0, 0.1) is 0 Å². The van der Waals surface area contributed by atoms with Crippen LogP contribution in [-0.2, 0) is 5.60 Å². The van der Waals surface area contributed by atoms with Crippen molar-refractivity contribution in [1.29, 1.82) is 0 Å². The lowest BCUT2D eigenvalue weighted by Gasteiger charge is -2.38. The minimum absolute atomic E-state index is 0.138. The van der Waals surface area contributed by atoms with E-state index >= 15 is 0 Å². The lowest BCUT2D eigenvalue weighted by Crippen LogP contribution is -2.36. The van der Waals surface area contributed by atoms with Crippen LogP contribution >= 0.6 is 0 Å². The Bertz CT molecular complexity index is 489. The molecule has 2 atom stereocenters. The zero-order chi connectivity index (χ0) is 12.4. The van der Waals surface area contributed by atoms with Gasteiger partial charge in [0.25, 0.3) is 0 Å². The lowest BCUT2D eigenvalue weighted by atomic mass is 9.71. The molecule has 1 aliphatic carbocycles. The largest absolute Gasteiger partial charge is 0.466 e. The summed E-state index contributed by atoms with van der Waals surface area (Å²) in [5.41, 5.74) is 0.361. The zero-order valence-corrected chi connectivity index (χ0v) is 10.4. The molecule has 0 radical (unpaired) electrons. The maximum atomic E-state index is 11.1. The van der Waals surface area contributed by atoms with Crippen LogP contribution in [0.4, 0.5) is 0 Å². The topological polar surface area (TPSA) is 33.4 Å². The average Bonchev–Trinajstić information content (AvgIpc) is 2.95. The quantitative estimate of drug-likeness (QED) is 0.868. The molecule has 18 heavy (non-hydrogen) atoms. The summed E-state index contributed by atoms with van der Waals surface area (Å²) >= 11 is 0. The summed E-state index contributed by atoms with van der Waals surface area (Å²) in [7, 11) is 0. The molecule has 0 aliphatic heterocycles. The third kappa shape index (κ3) is 1.87. The van der Waals surface area contributed by atoms with Crippen LogP contribution in [0.1, 0.15) is 42.9 Å². The van der Waals surface area contributed by atoms with Crippen LogP contribution in [0.15, 0.2) is 53.1 Å². The first-order chi connectivity index (χ1) is 8.81. The van der Waals surface area contributed by atoms with Crippen molar-refractivity contribution < 1.29 is 9.52 Å². The van der Waals surface area contributed by atoms with Gasteiger partial charge in [0.2, 0.25) is 0 Å². The van der Waals surface area contributed by atoms with Crippen molar-refractivity contribution in [3.63, 3.8) is 0 Å². The van der Waals surface area contributed by atoms with Crippen LogP contribution < -0.4 is 0 Å². The monoisotopic (exact) mass is 242 g/mol. The highest BCUT2D eigenvalue weighted by molar-refractivity contribution is 5.27. The maximum Gasteiger partial charge on any atom is 0.135 e. The van der Waals surface area contributed by atoms with Gasteiger partial charge in [0.15, 0.2) is 0 Å². The third-order valence-corrected chi connectivity index (χ3v) is 4.03. The van der Waals surface area contributed by atoms with Crippen LogP contribution in [0.25, 0.3) is 0 Å². The summed E-state index contributed by atoms with van der Waals surface area (Å²) < 4.78 is 5.48. The van der Waals surface area contributed by atoms with E-state index in [2.05, 4.69) is 12.1 Å². The van der Waals surface area contributed by atoms with E-state index in [0.29, 0.717) is 5.76 Å². The number of hydrogen-bond donors (Lipinski definition) is 1. The molecule has 1 aromatic heterocycles. The standard InChI is InChI=1S/C16H18O2/c17-16(15-10-6-12-18-15)11-5-4-9-14(16)13-7-2-1-3-8-13/h1-3,6-8,10,12,14,17H,4-5,9,11H2. The summed E-state index contributed by atoms with van der Waals surface area (Å²) in [6, 6.07) is 14.0. The van der Waals surface area contributed by atoms with Gasteiger partial charge in [-0.05, 0) is 30.5 Å². The molecule has 1 heterocycles. The van der Waals surface area contributed by atoms with E-state index in [1.807, 2.05) is 30.3 Å². The summed E-state index contributed by atoms with van der Waals surface area (Å²) in [5, 5.41) is 11.1. The zero-order valence-electron chi connectivity index (χ0n) is 10.4. The van der Waals surface area contributed by atoms with Gasteiger partial charge in [-0.2, -0.15) is 0 Å². The Balaban J connectivity index is 2.01. The molecule has 0 bridgehead atoms. The predicted octanol–water partition coefficient (Wildman–Crippen LogP) is 3.83. The van der Waals surface area contributed by atoms with Crippen molar-refractivity contribution in [2.45, 2.75) is 37.2 Å². The van der Waals surface area contributed by atoms with Crippen molar-refractivity contribution in [3.8, 4) is 0 Å². The summed E-state index contributed by atoms with van der Waals surface area (Å²) in [6.07, 6.45) is 5.66. The Morgan fingerprint density at radius 1 is 1.06 bits per heavy atom. The second-order valence-electron chi connectivity index (χ2n) is 5.11. The number of furan rings is 1. The maximum absolute atomic E-state index is 11.1. The molecular formula is C16H18O2. The van der Waals surface area contributed by atoms with Crippen LogP contribution in [0.5, 0.6) is 0 Å². The van der Waals surface area contributed by atoms with E-state index in [4.69, 9.17) is 4.42 Å². The molecule has 94 valence electrons. The molecule has 2 unspecified atom stereocenters.